The molecule has 16 heavy (non-hydrogen) atoms. The number of carbonyl (C=O) groups excluding carboxylic acids is 1. The van der Waals surface area contributed by atoms with Crippen LogP contribution in [-0.2, 0) is 16.1 Å². The van der Waals surface area contributed by atoms with Gasteiger partial charge in [-0.25, -0.2) is 4.79 Å². The van der Waals surface area contributed by atoms with Crippen LogP contribution in [0.3, 0.4) is 0 Å². The van der Waals surface area contributed by atoms with Gasteiger partial charge in [-0.1, -0.05) is 0 Å². The summed E-state index contributed by atoms with van der Waals surface area (Å²) in [5, 5.41) is 12.9. The summed E-state index contributed by atoms with van der Waals surface area (Å²) in [5.41, 5.74) is 0. The molecule has 1 aromatic rings. The predicted molar refractivity (Wildman–Crippen MR) is 54.6 cm³/mol. The Morgan fingerprint density at radius 1 is 1.50 bits per heavy atom. The van der Waals surface area contributed by atoms with Gasteiger partial charge in [-0.2, -0.15) is 5.10 Å². The molecular formula is C10H13N3O3. The van der Waals surface area contributed by atoms with E-state index in [-0.39, 0.29) is 12.5 Å². The summed E-state index contributed by atoms with van der Waals surface area (Å²) in [5.74, 6) is -1.11. The fraction of sp³-hybridized carbons (Fsp3) is 0.500. The summed E-state index contributed by atoms with van der Waals surface area (Å²) in [6.45, 7) is 0.633. The van der Waals surface area contributed by atoms with Crippen LogP contribution < -0.4 is 0 Å². The summed E-state index contributed by atoms with van der Waals surface area (Å²) in [7, 11) is 0. The first-order valence-corrected chi connectivity index (χ1v) is 5.18. The Balaban J connectivity index is 2.01. The molecule has 1 aliphatic rings. The van der Waals surface area contributed by atoms with Crippen molar-refractivity contribution in [3.8, 4) is 0 Å². The van der Waals surface area contributed by atoms with E-state index in [1.807, 2.05) is 0 Å². The minimum Gasteiger partial charge on any atom is -0.480 e. The van der Waals surface area contributed by atoms with Crippen LogP contribution in [0.1, 0.15) is 12.8 Å². The van der Waals surface area contributed by atoms with Crippen LogP contribution in [-0.4, -0.2) is 44.3 Å². The molecule has 6 heteroatoms. The summed E-state index contributed by atoms with van der Waals surface area (Å²) in [6, 6.07) is 1.06. The largest absolute Gasteiger partial charge is 0.480 e. The molecule has 1 N–H and O–H groups in total. The van der Waals surface area contributed by atoms with Crippen LogP contribution in [0.25, 0.3) is 0 Å². The number of aliphatic carboxylic acids is 1. The van der Waals surface area contributed by atoms with Gasteiger partial charge in [0.15, 0.2) is 0 Å². The molecule has 0 spiro atoms. The van der Waals surface area contributed by atoms with Crippen molar-refractivity contribution in [3.63, 3.8) is 0 Å². The van der Waals surface area contributed by atoms with Gasteiger partial charge in [0.2, 0.25) is 5.91 Å². The van der Waals surface area contributed by atoms with Crippen LogP contribution >= 0.6 is 0 Å². The standard InChI is InChI=1S/C10H13N3O3/c14-9(7-12-5-2-4-11-12)13-6-1-3-8(13)10(15)16/h2,4-5,8H,1,3,6-7H2,(H,15,16)/t8-/m0/s1. The first-order valence-electron chi connectivity index (χ1n) is 5.18. The molecule has 1 fully saturated rings. The van der Waals surface area contributed by atoms with Crippen LogP contribution in [0.5, 0.6) is 0 Å². The van der Waals surface area contributed by atoms with E-state index < -0.39 is 12.0 Å². The second kappa shape index (κ2) is 4.34. The van der Waals surface area contributed by atoms with Crippen molar-refractivity contribution in [1.29, 1.82) is 0 Å². The third-order valence-corrected chi connectivity index (χ3v) is 2.71. The second-order valence-electron chi connectivity index (χ2n) is 3.79. The number of amides is 1. The van der Waals surface area contributed by atoms with Crippen LogP contribution in [0.15, 0.2) is 18.5 Å². The number of rotatable bonds is 3. The second-order valence-corrected chi connectivity index (χ2v) is 3.79. The maximum Gasteiger partial charge on any atom is 0.326 e. The SMILES string of the molecule is O=C(O)[C@@H]1CCCN1C(=O)Cn1cccn1. The maximum atomic E-state index is 11.8. The lowest BCUT2D eigenvalue weighted by atomic mass is 10.2. The van der Waals surface area contributed by atoms with E-state index in [0.29, 0.717) is 13.0 Å². The molecule has 86 valence electrons. The number of hydrogen-bond donors (Lipinski definition) is 1. The van der Waals surface area contributed by atoms with Crippen LogP contribution in [0, 0.1) is 0 Å². The van der Waals surface area contributed by atoms with Crippen molar-refractivity contribution >= 4 is 11.9 Å². The van der Waals surface area contributed by atoms with Gasteiger partial charge < -0.3 is 10.0 Å². The molecule has 1 aliphatic heterocycles. The highest BCUT2D eigenvalue weighted by Crippen LogP contribution is 2.17. The number of carboxylic acids is 1. The first kappa shape index (κ1) is 10.7. The van der Waals surface area contributed by atoms with Gasteiger partial charge in [0.25, 0.3) is 0 Å². The maximum absolute atomic E-state index is 11.8. The Morgan fingerprint density at radius 2 is 2.31 bits per heavy atom. The van der Waals surface area contributed by atoms with Gasteiger partial charge in [-0.15, -0.1) is 0 Å². The molecule has 0 radical (unpaired) electrons. The van der Waals surface area contributed by atoms with Gasteiger partial charge in [0, 0.05) is 18.9 Å². The van der Waals surface area contributed by atoms with E-state index in [1.165, 1.54) is 9.58 Å². The molecule has 6 nitrogen and oxygen atoms in total. The molecular weight excluding hydrogens is 210 g/mol. The molecule has 1 aromatic heterocycles. The Bertz CT molecular complexity index is 388. The van der Waals surface area contributed by atoms with E-state index in [4.69, 9.17) is 5.11 Å². The van der Waals surface area contributed by atoms with Crippen LogP contribution in [0.2, 0.25) is 0 Å². The minimum absolute atomic E-state index is 0.108. The summed E-state index contributed by atoms with van der Waals surface area (Å²) < 4.78 is 1.50. The zero-order valence-electron chi connectivity index (χ0n) is 8.74. The highest BCUT2D eigenvalue weighted by molar-refractivity contribution is 5.84. The average molecular weight is 223 g/mol. The number of aromatic nitrogens is 2. The predicted octanol–water partition coefficient (Wildman–Crippen LogP) is -0.0413. The van der Waals surface area contributed by atoms with Gasteiger partial charge in [-0.3, -0.25) is 9.48 Å². The molecule has 2 rings (SSSR count). The fourth-order valence-corrected chi connectivity index (χ4v) is 1.95. The molecule has 2 heterocycles. The topological polar surface area (TPSA) is 75.4 Å². The first-order chi connectivity index (χ1) is 7.68. The van der Waals surface area contributed by atoms with E-state index in [1.54, 1.807) is 18.5 Å². The molecule has 1 saturated heterocycles. The number of nitrogens with zero attached hydrogens (tertiary/aromatic N) is 3. The third kappa shape index (κ3) is 2.05. The van der Waals surface area contributed by atoms with Crippen molar-refractivity contribution < 1.29 is 14.7 Å². The fourth-order valence-electron chi connectivity index (χ4n) is 1.95. The zero-order chi connectivity index (χ0) is 11.5. The van der Waals surface area contributed by atoms with Gasteiger partial charge in [0.05, 0.1) is 0 Å². The quantitative estimate of drug-likeness (QED) is 0.780. The lowest BCUT2D eigenvalue weighted by Crippen LogP contribution is -2.42. The van der Waals surface area contributed by atoms with Crippen molar-refractivity contribution in [2.45, 2.75) is 25.4 Å². The summed E-state index contributed by atoms with van der Waals surface area (Å²) in [6.07, 6.45) is 4.57. The molecule has 0 bridgehead atoms. The van der Waals surface area contributed by atoms with Gasteiger partial charge >= 0.3 is 5.97 Å². The summed E-state index contributed by atoms with van der Waals surface area (Å²) >= 11 is 0. The normalized spacial score (nSPS) is 20.0. The average Bonchev–Trinajstić information content (AvgIpc) is 2.86. The number of carboxylic acid groups (broad SMARTS) is 1. The molecule has 0 aromatic carbocycles. The van der Waals surface area contributed by atoms with E-state index in [9.17, 15) is 9.59 Å². The van der Waals surface area contributed by atoms with Crippen molar-refractivity contribution in [1.82, 2.24) is 14.7 Å². The van der Waals surface area contributed by atoms with Gasteiger partial charge in [-0.05, 0) is 18.9 Å². The molecule has 1 amide bonds. The van der Waals surface area contributed by atoms with E-state index >= 15 is 0 Å². The van der Waals surface area contributed by atoms with E-state index in [0.717, 1.165) is 6.42 Å². The number of hydrogen-bond acceptors (Lipinski definition) is 3. The highest BCUT2D eigenvalue weighted by atomic mass is 16.4. The molecule has 0 saturated carbocycles. The van der Waals surface area contributed by atoms with Crippen LogP contribution in [0.4, 0.5) is 0 Å². The molecule has 1 atom stereocenters. The molecule has 0 aliphatic carbocycles. The number of likely N-dealkylation sites (tertiary alicyclic amines) is 1. The zero-order valence-corrected chi connectivity index (χ0v) is 8.74. The summed E-state index contributed by atoms with van der Waals surface area (Å²) in [4.78, 5) is 24.2. The smallest absolute Gasteiger partial charge is 0.326 e. The van der Waals surface area contributed by atoms with Crippen molar-refractivity contribution in [2.75, 3.05) is 6.54 Å². The Hall–Kier alpha value is -1.85. The lowest BCUT2D eigenvalue weighted by molar-refractivity contribution is -0.148. The van der Waals surface area contributed by atoms with E-state index in [2.05, 4.69) is 5.10 Å². The van der Waals surface area contributed by atoms with Crippen molar-refractivity contribution in [3.05, 3.63) is 18.5 Å². The van der Waals surface area contributed by atoms with Gasteiger partial charge in [0.1, 0.15) is 12.6 Å². The Kier molecular flexibility index (Phi) is 2.89. The van der Waals surface area contributed by atoms with Crippen molar-refractivity contribution in [2.24, 2.45) is 0 Å². The molecule has 0 unspecified atom stereocenters. The Labute approximate surface area is 92.5 Å². The minimum atomic E-state index is -0.925. The lowest BCUT2D eigenvalue weighted by Gasteiger charge is -2.21. The highest BCUT2D eigenvalue weighted by Gasteiger charge is 2.33. The Morgan fingerprint density at radius 3 is 2.94 bits per heavy atom. The monoisotopic (exact) mass is 223 g/mol. The number of carbonyl (C=O) groups is 2. The third-order valence-electron chi connectivity index (χ3n) is 2.71.